The van der Waals surface area contributed by atoms with E-state index < -0.39 is 161 Å². The molecule has 2 aliphatic rings. The van der Waals surface area contributed by atoms with Crippen molar-refractivity contribution in [1.29, 1.82) is 0 Å². The number of likely N-dealkylation sites (N-methyl/N-ethyl adjacent to an activating group) is 6. The van der Waals surface area contributed by atoms with E-state index >= 15 is 28.8 Å². The van der Waals surface area contributed by atoms with Crippen LogP contribution < -0.4 is 21.3 Å². The van der Waals surface area contributed by atoms with Crippen molar-refractivity contribution in [3.05, 3.63) is 12.2 Å². The number of carbonyl (C=O) groups excluding carboxylic acids is 11. The van der Waals surface area contributed by atoms with Crippen LogP contribution in [0.4, 0.5) is 0 Å². The summed E-state index contributed by atoms with van der Waals surface area (Å²) in [6.07, 6.45) is 1.97. The molecule has 0 radical (unpaired) electrons. The van der Waals surface area contributed by atoms with Crippen LogP contribution in [0.25, 0.3) is 0 Å². The SMILES string of the molecule is C/C=C/C[C@@H](C)[C@@H](O)[C@H]1C(=O)N[C@@H](CC)C(=O)N2CC(OCCO)C[C@@H]2C(=O)N(C)[C@@H](CC(C)C)C(=O)N[C@@H](C(C)C)C(=O)N(C)[C@@H](CC(C)C)C(=O)N[C@@H](C)C(=O)N[C@H](C)C(=O)N(C)[C@@H](CC(C)C)C(=O)N(C)[C@@H](CC(C)C)C(=O)N(C)[C@@H](C(C)C)C(=O)N1C. The maximum absolute atomic E-state index is 15.3. The number of amides is 11. The summed E-state index contributed by atoms with van der Waals surface area (Å²) in [5.41, 5.74) is 0. The molecule has 2 fully saturated rings. The van der Waals surface area contributed by atoms with Crippen LogP contribution in [-0.2, 0) is 57.5 Å². The highest BCUT2D eigenvalue weighted by molar-refractivity contribution is 6.00. The molecule has 2 rings (SSSR count). The molecule has 6 N–H and O–H groups in total. The molecule has 25 nitrogen and oxygen atoms in total. The van der Waals surface area contributed by atoms with Crippen molar-refractivity contribution < 1.29 is 67.7 Å². The van der Waals surface area contributed by atoms with Crippen molar-refractivity contribution in [3.8, 4) is 0 Å². The molecule has 2 saturated heterocycles. The third kappa shape index (κ3) is 22.0. The van der Waals surface area contributed by atoms with Crippen molar-refractivity contribution >= 4 is 65.0 Å². The Morgan fingerprint density at radius 1 is 0.505 bits per heavy atom. The van der Waals surface area contributed by atoms with Gasteiger partial charge >= 0.3 is 0 Å². The Morgan fingerprint density at radius 2 is 0.945 bits per heavy atom. The molecule has 0 aliphatic carbocycles. The minimum atomic E-state index is -1.66. The van der Waals surface area contributed by atoms with Crippen LogP contribution in [-0.4, -0.2) is 250 Å². The number of aliphatic hydroxyl groups excluding tert-OH is 2. The molecule has 25 heteroatoms. The topological polar surface area (TPSA) is 308 Å². The van der Waals surface area contributed by atoms with Gasteiger partial charge in [-0.1, -0.05) is 109 Å². The summed E-state index contributed by atoms with van der Waals surface area (Å²) in [6, 6.07) is -14.0. The lowest BCUT2D eigenvalue weighted by Gasteiger charge is -2.41. The number of nitrogens with zero attached hydrogens (tertiary/aromatic N) is 7. The lowest BCUT2D eigenvalue weighted by Crippen LogP contribution is -2.64. The first-order chi connectivity index (χ1) is 42.2. The predicted molar refractivity (Wildman–Crippen MR) is 348 cm³/mol. The monoisotopic (exact) mass is 1290 g/mol. The summed E-state index contributed by atoms with van der Waals surface area (Å²) < 4.78 is 5.94. The van der Waals surface area contributed by atoms with Crippen LogP contribution in [0, 0.1) is 41.4 Å². The Bertz CT molecular complexity index is 2510. The molecule has 14 atom stereocenters. The molecule has 91 heavy (non-hydrogen) atoms. The van der Waals surface area contributed by atoms with Crippen LogP contribution in [0.3, 0.4) is 0 Å². The lowest BCUT2D eigenvalue weighted by molar-refractivity contribution is -0.157. The van der Waals surface area contributed by atoms with Gasteiger partial charge in [-0.05, 0) is 101 Å². The second-order valence-corrected chi connectivity index (χ2v) is 27.8. The van der Waals surface area contributed by atoms with E-state index in [1.807, 2.05) is 55.4 Å². The van der Waals surface area contributed by atoms with Crippen molar-refractivity contribution in [2.24, 2.45) is 41.4 Å². The highest BCUT2D eigenvalue weighted by Gasteiger charge is 2.49. The van der Waals surface area contributed by atoms with Crippen LogP contribution in [0.1, 0.15) is 163 Å². The zero-order valence-corrected chi connectivity index (χ0v) is 59.2. The Balaban J connectivity index is 3.09. The highest BCUT2D eigenvalue weighted by Crippen LogP contribution is 2.29. The van der Waals surface area contributed by atoms with E-state index in [0.29, 0.717) is 0 Å². The number of carbonyl (C=O) groups is 11. The van der Waals surface area contributed by atoms with Gasteiger partial charge in [-0.25, -0.2) is 0 Å². The maximum Gasteiger partial charge on any atom is 0.246 e. The van der Waals surface area contributed by atoms with Crippen LogP contribution in [0.15, 0.2) is 12.2 Å². The summed E-state index contributed by atoms with van der Waals surface area (Å²) in [5, 5.41) is 33.1. The summed E-state index contributed by atoms with van der Waals surface area (Å²) >= 11 is 0. The molecule has 2 aliphatic heterocycles. The van der Waals surface area contributed by atoms with Gasteiger partial charge in [0, 0.05) is 55.3 Å². The number of nitrogens with one attached hydrogen (secondary N) is 4. The summed E-state index contributed by atoms with van der Waals surface area (Å²) in [5.74, 6) is -10.1. The molecule has 0 spiro atoms. The average molecular weight is 1290 g/mol. The van der Waals surface area contributed by atoms with Gasteiger partial charge in [-0.3, -0.25) is 52.7 Å². The molecule has 0 bridgehead atoms. The number of hydrogen-bond acceptors (Lipinski definition) is 14. The quantitative estimate of drug-likeness (QED) is 0.108. The van der Waals surface area contributed by atoms with Gasteiger partial charge in [0.1, 0.15) is 66.5 Å². The van der Waals surface area contributed by atoms with E-state index in [2.05, 4.69) is 21.3 Å². The first-order valence-electron chi connectivity index (χ1n) is 32.9. The van der Waals surface area contributed by atoms with Crippen LogP contribution in [0.2, 0.25) is 0 Å². The van der Waals surface area contributed by atoms with Gasteiger partial charge in [0.15, 0.2) is 0 Å². The molecule has 0 aromatic rings. The van der Waals surface area contributed by atoms with E-state index in [-0.39, 0.29) is 88.4 Å². The number of rotatable bonds is 18. The molecule has 0 aromatic heterocycles. The van der Waals surface area contributed by atoms with Crippen molar-refractivity contribution in [2.75, 3.05) is 62.0 Å². The molecule has 2 heterocycles. The zero-order chi connectivity index (χ0) is 70.0. The minimum absolute atomic E-state index is 0.0316. The predicted octanol–water partition coefficient (Wildman–Crippen LogP) is 2.79. The molecular formula is C66H117N11O14. The van der Waals surface area contributed by atoms with Gasteiger partial charge in [-0.15, -0.1) is 0 Å². The third-order valence-electron chi connectivity index (χ3n) is 17.6. The van der Waals surface area contributed by atoms with Crippen molar-refractivity contribution in [1.82, 2.24) is 55.6 Å². The van der Waals surface area contributed by atoms with E-state index in [1.165, 1.54) is 85.5 Å². The number of aliphatic hydroxyl groups is 2. The van der Waals surface area contributed by atoms with Gasteiger partial charge in [0.2, 0.25) is 65.0 Å². The number of hydrogen-bond donors (Lipinski definition) is 6. The van der Waals surface area contributed by atoms with E-state index in [4.69, 9.17) is 4.74 Å². The molecule has 11 amide bonds. The normalized spacial score (nSPS) is 28.2. The van der Waals surface area contributed by atoms with Gasteiger partial charge in [0.05, 0.1) is 25.4 Å². The van der Waals surface area contributed by atoms with Gasteiger partial charge in [-0.2, -0.15) is 0 Å². The number of ether oxygens (including phenoxy) is 1. The summed E-state index contributed by atoms with van der Waals surface area (Å²) in [6.45, 7) is 29.1. The smallest absolute Gasteiger partial charge is 0.246 e. The molecule has 1 unspecified atom stereocenters. The molecule has 0 aromatic carbocycles. The standard InChI is InChI=1S/C66H117N11O14/c1-24-26-27-42(15)55(79)54-59(83)69-46(25-2)61(85)77-35-45(91-29-28-78)34-51(77)64(88)71(18)48(31-37(5)6)58(82)70-52(40(11)12)65(89)72(19)47(30-36(3)4)57(81)67-43(16)56(80)68-44(17)60(84)73(20)49(32-38(7)8)62(86)74(21)50(33-39(9)10)63(87)75(22)53(41(13)14)66(90)76(54)23/h24,26,36-55,78-79H,25,27-35H2,1-23H3,(H,67,81)(H,68,80)(H,69,83)(H,70,82)/b26-24+/t42-,43+,44-,45?,46+,47+,48+,49+,50+,51-,52+,53+,54+,55-/m1/s1. The van der Waals surface area contributed by atoms with Crippen LogP contribution >= 0.6 is 0 Å². The van der Waals surface area contributed by atoms with Gasteiger partial charge in [0.25, 0.3) is 0 Å². The molecule has 520 valence electrons. The average Bonchev–Trinajstić information content (AvgIpc) is 1.81. The minimum Gasteiger partial charge on any atom is -0.394 e. The lowest BCUT2D eigenvalue weighted by atomic mass is 9.91. The fourth-order valence-corrected chi connectivity index (χ4v) is 12.1. The third-order valence-corrected chi connectivity index (χ3v) is 17.6. The fourth-order valence-electron chi connectivity index (χ4n) is 12.1. The fraction of sp³-hybridized carbons (Fsp3) is 0.803. The first-order valence-corrected chi connectivity index (χ1v) is 32.9. The second-order valence-electron chi connectivity index (χ2n) is 27.8. The largest absolute Gasteiger partial charge is 0.394 e. The zero-order valence-electron chi connectivity index (χ0n) is 59.2. The molecular weight excluding hydrogens is 1170 g/mol. The number of fused-ring (bicyclic) bond motifs is 1. The molecule has 0 saturated carbocycles. The van der Waals surface area contributed by atoms with E-state index in [1.54, 1.807) is 60.6 Å². The summed E-state index contributed by atoms with van der Waals surface area (Å²) in [7, 11) is 8.52. The van der Waals surface area contributed by atoms with Gasteiger partial charge < -0.3 is 70.5 Å². The Kier molecular flexibility index (Phi) is 32.8. The first kappa shape index (κ1) is 80.9. The number of allylic oxidation sites excluding steroid dienone is 2. The Hall–Kier alpha value is -6.21. The van der Waals surface area contributed by atoms with Crippen molar-refractivity contribution in [3.63, 3.8) is 0 Å². The summed E-state index contributed by atoms with van der Waals surface area (Å²) in [4.78, 5) is 172. The Morgan fingerprint density at radius 3 is 1.41 bits per heavy atom. The highest BCUT2D eigenvalue weighted by atomic mass is 16.5. The van der Waals surface area contributed by atoms with E-state index in [9.17, 15) is 34.2 Å². The maximum atomic E-state index is 15.3. The second kappa shape index (κ2) is 36.9. The van der Waals surface area contributed by atoms with E-state index in [0.717, 1.165) is 4.90 Å². The van der Waals surface area contributed by atoms with Crippen molar-refractivity contribution in [2.45, 2.75) is 241 Å². The Labute approximate surface area is 543 Å². The van der Waals surface area contributed by atoms with Crippen LogP contribution in [0.5, 0.6) is 0 Å².